The van der Waals surface area contributed by atoms with Crippen LogP contribution in [0.5, 0.6) is 0 Å². The Balaban J connectivity index is 1.42. The summed E-state index contributed by atoms with van der Waals surface area (Å²) in [6.07, 6.45) is 1.55. The van der Waals surface area contributed by atoms with E-state index in [1.54, 1.807) is 0 Å². The number of hydrogen-bond donors (Lipinski definition) is 3. The third-order valence-electron chi connectivity index (χ3n) is 4.70. The van der Waals surface area contributed by atoms with Crippen molar-refractivity contribution in [3.05, 3.63) is 65.1 Å². The highest BCUT2D eigenvalue weighted by atomic mass is 35.5. The molecule has 1 unspecified atom stereocenters. The molecule has 1 aliphatic rings. The first-order valence-corrected chi connectivity index (χ1v) is 8.88. The summed E-state index contributed by atoms with van der Waals surface area (Å²) in [5, 5.41) is 19.6. The Morgan fingerprint density at radius 2 is 2.08 bits per heavy atom. The normalized spacial score (nSPS) is 19.8. The summed E-state index contributed by atoms with van der Waals surface area (Å²) in [5.74, 6) is 0. The number of aliphatic hydroxyl groups is 1. The maximum absolute atomic E-state index is 10.9. The number of aryl methyl sites for hydroxylation is 1. The monoisotopic (exact) mass is 356 g/mol. The molecule has 6 heteroatoms. The largest absolute Gasteiger partial charge is 0.387 e. The van der Waals surface area contributed by atoms with Gasteiger partial charge in [0.05, 0.1) is 17.8 Å². The van der Waals surface area contributed by atoms with Gasteiger partial charge >= 0.3 is 0 Å². The molecule has 3 N–H and O–H groups in total. The minimum Gasteiger partial charge on any atom is -0.387 e. The van der Waals surface area contributed by atoms with Crippen molar-refractivity contribution >= 4 is 11.6 Å². The van der Waals surface area contributed by atoms with Gasteiger partial charge in [0.25, 0.3) is 0 Å². The van der Waals surface area contributed by atoms with Crippen molar-refractivity contribution in [3.8, 4) is 11.3 Å². The lowest BCUT2D eigenvalue weighted by Crippen LogP contribution is -2.47. The number of aromatic nitrogens is 3. The number of halogens is 1. The quantitative estimate of drug-likeness (QED) is 0.658. The molecule has 1 atom stereocenters. The van der Waals surface area contributed by atoms with E-state index < -0.39 is 5.60 Å². The van der Waals surface area contributed by atoms with E-state index >= 15 is 0 Å². The highest BCUT2D eigenvalue weighted by Gasteiger charge is 2.33. The summed E-state index contributed by atoms with van der Waals surface area (Å²) in [6.45, 7) is 1.67. The Labute approximate surface area is 151 Å². The van der Waals surface area contributed by atoms with E-state index in [9.17, 15) is 5.11 Å². The molecule has 0 spiro atoms. The van der Waals surface area contributed by atoms with Crippen molar-refractivity contribution in [1.29, 1.82) is 0 Å². The third kappa shape index (κ3) is 3.63. The second-order valence-corrected chi connectivity index (χ2v) is 7.11. The molecule has 0 saturated heterocycles. The van der Waals surface area contributed by atoms with Crippen molar-refractivity contribution in [2.45, 2.75) is 31.5 Å². The van der Waals surface area contributed by atoms with E-state index in [2.05, 4.69) is 28.5 Å². The van der Waals surface area contributed by atoms with Crippen LogP contribution in [0, 0.1) is 0 Å². The van der Waals surface area contributed by atoms with Gasteiger partial charge in [-0.2, -0.15) is 5.10 Å². The number of hydrogen-bond acceptors (Lipinski definition) is 3. The lowest BCUT2D eigenvalue weighted by molar-refractivity contribution is 0.000598. The van der Waals surface area contributed by atoms with Gasteiger partial charge < -0.3 is 15.4 Å². The molecule has 0 amide bonds. The predicted molar refractivity (Wildman–Crippen MR) is 98.4 cm³/mol. The van der Waals surface area contributed by atoms with Gasteiger partial charge in [-0.3, -0.25) is 4.68 Å². The fraction of sp³-hybridized carbons (Fsp3) is 0.316. The van der Waals surface area contributed by atoms with Gasteiger partial charge in [0, 0.05) is 30.0 Å². The first-order chi connectivity index (χ1) is 12.1. The smallest absolute Gasteiger partial charge is 0.106 e. The van der Waals surface area contributed by atoms with Crippen LogP contribution in [0.3, 0.4) is 0 Å². The minimum absolute atomic E-state index is 0.508. The molecule has 4 rings (SSSR count). The fourth-order valence-electron chi connectivity index (χ4n) is 3.35. The van der Waals surface area contributed by atoms with Crippen LogP contribution in [0.4, 0.5) is 0 Å². The molecule has 0 fully saturated rings. The van der Waals surface area contributed by atoms with Crippen LogP contribution >= 0.6 is 11.6 Å². The molecule has 130 valence electrons. The second-order valence-electron chi connectivity index (χ2n) is 6.70. The zero-order valence-electron chi connectivity index (χ0n) is 13.9. The van der Waals surface area contributed by atoms with Crippen LogP contribution < -0.4 is 5.32 Å². The molecular formula is C19H21ClN4O. The number of rotatable bonds is 5. The number of nitrogens with one attached hydrogen (secondary N) is 2. The Morgan fingerprint density at radius 1 is 1.24 bits per heavy atom. The number of H-pyrrole nitrogens is 1. The number of fused-ring (bicyclic) bond motifs is 1. The lowest BCUT2D eigenvalue weighted by Gasteiger charge is -2.32. The number of nitrogens with zero attached hydrogens (tertiary/aromatic N) is 2. The molecule has 5 nitrogen and oxygen atoms in total. The molecule has 0 bridgehead atoms. The zero-order chi connectivity index (χ0) is 17.3. The molecule has 2 aromatic heterocycles. The Kier molecular flexibility index (Phi) is 4.37. The first kappa shape index (κ1) is 16.4. The highest BCUT2D eigenvalue weighted by molar-refractivity contribution is 6.29. The highest BCUT2D eigenvalue weighted by Crippen LogP contribution is 2.27. The summed E-state index contributed by atoms with van der Waals surface area (Å²) in [7, 11) is 0. The van der Waals surface area contributed by atoms with E-state index in [1.165, 1.54) is 5.69 Å². The third-order valence-corrected chi connectivity index (χ3v) is 4.92. The number of benzene rings is 1. The molecule has 0 radical (unpaired) electrons. The SMILES string of the molecule is OC1(CNCc2ccc(Cl)[nH]2)CCc2cc(-c3ccccc3)nn2C1. The summed E-state index contributed by atoms with van der Waals surface area (Å²) in [5.41, 5.74) is 3.47. The fourth-order valence-corrected chi connectivity index (χ4v) is 3.53. The molecule has 0 aliphatic carbocycles. The van der Waals surface area contributed by atoms with Gasteiger partial charge in [-0.1, -0.05) is 41.9 Å². The van der Waals surface area contributed by atoms with Crippen LogP contribution in [0.15, 0.2) is 48.5 Å². The molecule has 3 heterocycles. The summed E-state index contributed by atoms with van der Waals surface area (Å²) in [4.78, 5) is 3.07. The van der Waals surface area contributed by atoms with Gasteiger partial charge in [-0.05, 0) is 31.0 Å². The number of aromatic amines is 1. The standard InChI is InChI=1S/C19H21ClN4O/c20-18-7-6-15(22-18)11-21-12-19(25)9-8-16-10-17(23-24(16)13-19)14-4-2-1-3-5-14/h1-7,10,21-22,25H,8-9,11-13H2. The maximum atomic E-state index is 10.9. The second kappa shape index (κ2) is 6.67. The minimum atomic E-state index is -0.788. The van der Waals surface area contributed by atoms with Crippen molar-refractivity contribution in [2.75, 3.05) is 6.54 Å². The topological polar surface area (TPSA) is 65.9 Å². The van der Waals surface area contributed by atoms with Gasteiger partial charge in [-0.25, -0.2) is 0 Å². The summed E-state index contributed by atoms with van der Waals surface area (Å²) < 4.78 is 1.94. The van der Waals surface area contributed by atoms with Crippen LogP contribution in [-0.4, -0.2) is 32.0 Å². The van der Waals surface area contributed by atoms with Crippen molar-refractivity contribution in [2.24, 2.45) is 0 Å². The summed E-state index contributed by atoms with van der Waals surface area (Å²) >= 11 is 5.88. The molecule has 0 saturated carbocycles. The van der Waals surface area contributed by atoms with Crippen LogP contribution in [0.2, 0.25) is 5.15 Å². The van der Waals surface area contributed by atoms with Gasteiger partial charge in [0.15, 0.2) is 0 Å². The van der Waals surface area contributed by atoms with E-state index in [0.29, 0.717) is 24.8 Å². The summed E-state index contributed by atoms with van der Waals surface area (Å²) in [6, 6.07) is 16.0. The van der Waals surface area contributed by atoms with Crippen LogP contribution in [0.25, 0.3) is 11.3 Å². The van der Waals surface area contributed by atoms with Gasteiger partial charge in [0.1, 0.15) is 5.15 Å². The first-order valence-electron chi connectivity index (χ1n) is 8.50. The molecule has 1 aromatic carbocycles. The van der Waals surface area contributed by atoms with Crippen molar-refractivity contribution in [1.82, 2.24) is 20.1 Å². The molecule has 1 aliphatic heterocycles. The maximum Gasteiger partial charge on any atom is 0.106 e. The zero-order valence-corrected chi connectivity index (χ0v) is 14.6. The Hall–Kier alpha value is -2.08. The molecule has 3 aromatic rings. The Morgan fingerprint density at radius 3 is 2.84 bits per heavy atom. The van der Waals surface area contributed by atoms with Crippen LogP contribution in [0.1, 0.15) is 17.8 Å². The van der Waals surface area contributed by atoms with E-state index in [4.69, 9.17) is 16.7 Å². The van der Waals surface area contributed by atoms with Crippen LogP contribution in [-0.2, 0) is 19.5 Å². The van der Waals surface area contributed by atoms with Gasteiger partial charge in [0.2, 0.25) is 0 Å². The average Bonchev–Trinajstić information content (AvgIpc) is 3.21. The molecule has 25 heavy (non-hydrogen) atoms. The average molecular weight is 357 g/mol. The lowest BCUT2D eigenvalue weighted by atomic mass is 9.93. The van der Waals surface area contributed by atoms with E-state index in [-0.39, 0.29) is 0 Å². The predicted octanol–water partition coefficient (Wildman–Crippen LogP) is 3.00. The van der Waals surface area contributed by atoms with Crippen molar-refractivity contribution in [3.63, 3.8) is 0 Å². The van der Waals surface area contributed by atoms with Gasteiger partial charge in [-0.15, -0.1) is 0 Å². The van der Waals surface area contributed by atoms with Crippen molar-refractivity contribution < 1.29 is 5.11 Å². The molecular weight excluding hydrogens is 336 g/mol. The van der Waals surface area contributed by atoms with E-state index in [0.717, 1.165) is 29.8 Å². The van der Waals surface area contributed by atoms with E-state index in [1.807, 2.05) is 35.0 Å². The Bertz CT molecular complexity index is 857.